The van der Waals surface area contributed by atoms with Gasteiger partial charge in [0.05, 0.1) is 12.0 Å². The molecule has 24 heavy (non-hydrogen) atoms. The van der Waals surface area contributed by atoms with Crippen molar-refractivity contribution in [2.75, 3.05) is 6.61 Å². The molecule has 0 aromatic heterocycles. The summed E-state index contributed by atoms with van der Waals surface area (Å²) in [5, 5.41) is 0. The largest absolute Gasteiger partial charge is 0.452 e. The molecule has 4 bridgehead atoms. The van der Waals surface area contributed by atoms with Gasteiger partial charge in [0.2, 0.25) is 5.91 Å². The number of ether oxygens (including phenoxy) is 1. The molecule has 0 aromatic rings. The second kappa shape index (κ2) is 4.70. The Balaban J connectivity index is 1.32. The molecule has 0 radical (unpaired) electrons. The second-order valence-corrected chi connectivity index (χ2v) is 8.53. The Morgan fingerprint density at radius 3 is 2.50 bits per heavy atom. The van der Waals surface area contributed by atoms with Gasteiger partial charge >= 0.3 is 5.97 Å². The smallest absolute Gasteiger partial charge is 0.333 e. The number of esters is 1. The van der Waals surface area contributed by atoms with Crippen LogP contribution in [-0.2, 0) is 19.1 Å². The lowest BCUT2D eigenvalue weighted by atomic mass is 9.62. The molecule has 8 atom stereocenters. The zero-order valence-electron chi connectivity index (χ0n) is 13.9. The average Bonchev–Trinajstić information content (AvgIpc) is 3.28. The van der Waals surface area contributed by atoms with E-state index in [0.29, 0.717) is 11.8 Å². The molecule has 5 nitrogen and oxygen atoms in total. The van der Waals surface area contributed by atoms with Gasteiger partial charge in [0, 0.05) is 5.57 Å². The van der Waals surface area contributed by atoms with Gasteiger partial charge in [0.25, 0.3) is 5.91 Å². The van der Waals surface area contributed by atoms with Gasteiger partial charge in [-0.3, -0.25) is 14.5 Å². The first-order valence-corrected chi connectivity index (χ1v) is 9.17. The lowest BCUT2D eigenvalue weighted by molar-refractivity contribution is -0.178. The Morgan fingerprint density at radius 1 is 1.17 bits per heavy atom. The van der Waals surface area contributed by atoms with Crippen molar-refractivity contribution in [2.45, 2.75) is 38.6 Å². The maximum atomic E-state index is 12.6. The number of rotatable bonds is 3. The molecule has 5 heteroatoms. The van der Waals surface area contributed by atoms with Crippen molar-refractivity contribution in [3.63, 3.8) is 0 Å². The molecule has 1 aliphatic heterocycles. The quantitative estimate of drug-likeness (QED) is 0.343. The highest BCUT2D eigenvalue weighted by Gasteiger charge is 2.73. The molecule has 5 rings (SSSR count). The lowest BCUT2D eigenvalue weighted by Gasteiger charge is -2.53. The van der Waals surface area contributed by atoms with Crippen LogP contribution in [0.1, 0.15) is 32.6 Å². The van der Waals surface area contributed by atoms with Crippen molar-refractivity contribution < 1.29 is 19.1 Å². The Morgan fingerprint density at radius 2 is 1.83 bits per heavy atom. The number of carbonyl (C=O) groups excluding carboxylic acids is 3. The van der Waals surface area contributed by atoms with Crippen molar-refractivity contribution >= 4 is 17.8 Å². The van der Waals surface area contributed by atoms with Crippen LogP contribution in [0.4, 0.5) is 0 Å². The summed E-state index contributed by atoms with van der Waals surface area (Å²) in [6.07, 6.45) is 5.16. The van der Waals surface area contributed by atoms with Crippen LogP contribution in [0.3, 0.4) is 0 Å². The number of likely N-dealkylation sites (tertiary alicyclic amines) is 1. The van der Waals surface area contributed by atoms with E-state index in [9.17, 15) is 14.4 Å². The van der Waals surface area contributed by atoms with Gasteiger partial charge in [0.15, 0.2) is 6.61 Å². The highest BCUT2D eigenvalue weighted by molar-refractivity contribution is 6.04. The van der Waals surface area contributed by atoms with Crippen LogP contribution in [0.15, 0.2) is 12.2 Å². The maximum Gasteiger partial charge on any atom is 0.333 e. The van der Waals surface area contributed by atoms with Gasteiger partial charge in [-0.15, -0.1) is 0 Å². The van der Waals surface area contributed by atoms with Gasteiger partial charge in [0.1, 0.15) is 0 Å². The molecule has 0 aromatic carbocycles. The third kappa shape index (κ3) is 1.63. The average molecular weight is 329 g/mol. The lowest BCUT2D eigenvalue weighted by Crippen LogP contribution is -2.68. The van der Waals surface area contributed by atoms with E-state index in [2.05, 4.69) is 6.58 Å². The Kier molecular flexibility index (Phi) is 2.88. The minimum atomic E-state index is -0.575. The third-order valence-electron chi connectivity index (χ3n) is 7.61. The predicted molar refractivity (Wildman–Crippen MR) is 84.3 cm³/mol. The third-order valence-corrected chi connectivity index (χ3v) is 7.61. The fourth-order valence-corrected chi connectivity index (χ4v) is 7.07. The van der Waals surface area contributed by atoms with Gasteiger partial charge in [-0.2, -0.15) is 0 Å². The Labute approximate surface area is 141 Å². The van der Waals surface area contributed by atoms with Crippen LogP contribution in [0, 0.1) is 41.4 Å². The number of imide groups is 1. The first-order valence-electron chi connectivity index (χ1n) is 9.17. The normalized spacial score (nSPS) is 46.5. The van der Waals surface area contributed by atoms with Gasteiger partial charge < -0.3 is 4.74 Å². The summed E-state index contributed by atoms with van der Waals surface area (Å²) in [6.45, 7) is 4.70. The standard InChI is InChI=1S/C19H23NO4/c1-8(2)19(23)24-7-13(21)20-17-12-6-11(16(17)18(20)22)14-9-3-4-10(5-9)15(12)14/h9-12,14-17H,1,3-7H2,2H3. The molecule has 5 fully saturated rings. The van der Waals surface area contributed by atoms with E-state index in [1.165, 1.54) is 24.2 Å². The van der Waals surface area contributed by atoms with Crippen molar-refractivity contribution in [3.8, 4) is 0 Å². The highest BCUT2D eigenvalue weighted by atomic mass is 16.5. The first kappa shape index (κ1) is 14.7. The van der Waals surface area contributed by atoms with E-state index >= 15 is 0 Å². The van der Waals surface area contributed by atoms with E-state index in [1.54, 1.807) is 6.92 Å². The van der Waals surface area contributed by atoms with E-state index in [4.69, 9.17) is 4.74 Å². The van der Waals surface area contributed by atoms with Crippen LogP contribution in [0.2, 0.25) is 0 Å². The van der Waals surface area contributed by atoms with Crippen molar-refractivity contribution in [3.05, 3.63) is 12.2 Å². The summed E-state index contributed by atoms with van der Waals surface area (Å²) in [6, 6.07) is 0.0825. The summed E-state index contributed by atoms with van der Waals surface area (Å²) < 4.78 is 4.95. The van der Waals surface area contributed by atoms with Crippen molar-refractivity contribution in [2.24, 2.45) is 41.4 Å². The Bertz CT molecular complexity index is 670. The minimum absolute atomic E-state index is 0.0231. The number of β-lactam (4-membered cyclic amide) rings is 1. The topological polar surface area (TPSA) is 63.7 Å². The molecule has 1 saturated heterocycles. The van der Waals surface area contributed by atoms with Gasteiger partial charge in [-0.05, 0) is 68.1 Å². The summed E-state index contributed by atoms with van der Waals surface area (Å²) in [5.41, 5.74) is 0.264. The molecular weight excluding hydrogens is 306 g/mol. The number of hydrogen-bond donors (Lipinski definition) is 0. The fourth-order valence-electron chi connectivity index (χ4n) is 7.07. The van der Waals surface area contributed by atoms with Crippen LogP contribution in [0.25, 0.3) is 0 Å². The SMILES string of the molecule is C=C(C)C(=O)OCC(=O)N1C(=O)C2C3CC(C4C5CCC(C5)C34)C21. The number of carbonyl (C=O) groups is 3. The summed E-state index contributed by atoms with van der Waals surface area (Å²) in [5.74, 6) is 3.26. The van der Waals surface area contributed by atoms with Crippen molar-refractivity contribution in [1.82, 2.24) is 4.90 Å². The van der Waals surface area contributed by atoms with E-state index < -0.39 is 5.97 Å². The molecule has 4 aliphatic carbocycles. The molecular formula is C19H23NO4. The minimum Gasteiger partial charge on any atom is -0.452 e. The van der Waals surface area contributed by atoms with Crippen LogP contribution >= 0.6 is 0 Å². The molecule has 2 amide bonds. The molecule has 0 N–H and O–H groups in total. The summed E-state index contributed by atoms with van der Waals surface area (Å²) in [7, 11) is 0. The molecule has 4 saturated carbocycles. The predicted octanol–water partition coefficient (Wildman–Crippen LogP) is 1.77. The zero-order valence-corrected chi connectivity index (χ0v) is 13.9. The van der Waals surface area contributed by atoms with E-state index in [0.717, 1.165) is 30.1 Å². The zero-order chi connectivity index (χ0) is 16.7. The van der Waals surface area contributed by atoms with Gasteiger partial charge in [-0.25, -0.2) is 4.79 Å². The van der Waals surface area contributed by atoms with Crippen LogP contribution < -0.4 is 0 Å². The van der Waals surface area contributed by atoms with Crippen molar-refractivity contribution in [1.29, 1.82) is 0 Å². The summed E-state index contributed by atoms with van der Waals surface area (Å²) in [4.78, 5) is 37.9. The molecule has 8 unspecified atom stereocenters. The molecule has 0 spiro atoms. The fraction of sp³-hybridized carbons (Fsp3) is 0.737. The number of fused-ring (bicyclic) bond motifs is 12. The van der Waals surface area contributed by atoms with Crippen LogP contribution in [-0.4, -0.2) is 35.3 Å². The number of hydrogen-bond acceptors (Lipinski definition) is 4. The highest BCUT2D eigenvalue weighted by Crippen LogP contribution is 2.71. The molecule has 1 heterocycles. The van der Waals surface area contributed by atoms with Gasteiger partial charge in [-0.1, -0.05) is 6.58 Å². The first-order chi connectivity index (χ1) is 11.5. The molecule has 5 aliphatic rings. The number of amides is 2. The van der Waals surface area contributed by atoms with Crippen LogP contribution in [0.5, 0.6) is 0 Å². The Hall–Kier alpha value is -1.65. The molecule has 128 valence electrons. The number of nitrogens with zero attached hydrogens (tertiary/aromatic N) is 1. The second-order valence-electron chi connectivity index (χ2n) is 8.53. The van der Waals surface area contributed by atoms with E-state index in [-0.39, 0.29) is 36.0 Å². The maximum absolute atomic E-state index is 12.6. The van der Waals surface area contributed by atoms with E-state index in [1.807, 2.05) is 0 Å². The summed E-state index contributed by atoms with van der Waals surface area (Å²) >= 11 is 0. The monoisotopic (exact) mass is 329 g/mol.